The van der Waals surface area contributed by atoms with Crippen molar-refractivity contribution in [3.63, 3.8) is 0 Å². The van der Waals surface area contributed by atoms with Gasteiger partial charge in [0, 0.05) is 12.5 Å². The maximum atomic E-state index is 13.6. The third-order valence-corrected chi connectivity index (χ3v) is 6.39. The lowest BCUT2D eigenvalue weighted by molar-refractivity contribution is 0.0942. The number of nitrogens with one attached hydrogen (secondary N) is 1. The molecule has 1 aliphatic heterocycles. The summed E-state index contributed by atoms with van der Waals surface area (Å²) in [7, 11) is 1.92. The number of aromatic nitrogens is 2. The summed E-state index contributed by atoms with van der Waals surface area (Å²) in [6.07, 6.45) is 11.1. The van der Waals surface area contributed by atoms with Gasteiger partial charge in [-0.3, -0.25) is 4.65 Å². The molecule has 1 aliphatic carbocycles. The highest BCUT2D eigenvalue weighted by molar-refractivity contribution is 7.80. The van der Waals surface area contributed by atoms with Crippen LogP contribution in [0.4, 0.5) is 5.13 Å². The number of quaternary nitrogens is 1. The molecule has 0 spiro atoms. The Morgan fingerprint density at radius 2 is 2.22 bits per heavy atom. The van der Waals surface area contributed by atoms with Crippen molar-refractivity contribution < 1.29 is 4.74 Å². The van der Waals surface area contributed by atoms with Crippen LogP contribution >= 0.6 is 23.6 Å². The topological polar surface area (TPSA) is 73.3 Å². The number of unbranched alkanes of at least 4 members (excludes halogenated alkanes) is 1. The second-order valence-electron chi connectivity index (χ2n) is 7.40. The number of allylic oxidation sites excluding steroid dienone is 2. The number of hydroxylamine groups is 2. The summed E-state index contributed by atoms with van der Waals surface area (Å²) in [5, 5.41) is 27.0. The molecule has 2 aliphatic rings. The van der Waals surface area contributed by atoms with Gasteiger partial charge < -0.3 is 15.3 Å². The highest BCUT2D eigenvalue weighted by Crippen LogP contribution is 2.34. The second kappa shape index (κ2) is 9.38. The Morgan fingerprint density at radius 1 is 1.44 bits per heavy atom. The molecule has 0 radical (unpaired) electrons. The quantitative estimate of drug-likeness (QED) is 0.243. The van der Waals surface area contributed by atoms with Crippen LogP contribution in [0.1, 0.15) is 50.5 Å². The van der Waals surface area contributed by atoms with Crippen molar-refractivity contribution in [1.29, 1.82) is 0 Å². The lowest BCUT2D eigenvalue weighted by atomic mass is 10.2. The number of aryl methyl sites for hydroxylation is 1. The minimum absolute atomic E-state index is 0.296. The van der Waals surface area contributed by atoms with Crippen LogP contribution in [0.25, 0.3) is 0 Å². The van der Waals surface area contributed by atoms with E-state index in [1.807, 2.05) is 24.9 Å². The molecule has 0 aromatic carbocycles. The molecule has 2 atom stereocenters. The molecule has 1 saturated heterocycles. The molecule has 27 heavy (non-hydrogen) atoms. The van der Waals surface area contributed by atoms with Crippen LogP contribution in [-0.2, 0) is 11.2 Å². The molecule has 1 aromatic heterocycles. The van der Waals surface area contributed by atoms with E-state index >= 15 is 0 Å². The predicted molar refractivity (Wildman–Crippen MR) is 113 cm³/mol. The highest BCUT2D eigenvalue weighted by atomic mass is 32.1. The van der Waals surface area contributed by atoms with Crippen molar-refractivity contribution in [3.8, 4) is 0 Å². The van der Waals surface area contributed by atoms with Gasteiger partial charge in [0.1, 0.15) is 11.7 Å². The van der Waals surface area contributed by atoms with E-state index in [0.717, 1.165) is 37.1 Å². The fourth-order valence-electron chi connectivity index (χ4n) is 3.64. The Balaban J connectivity index is 1.62. The molecular formula is C18H29N5O2S2. The lowest BCUT2D eigenvalue weighted by Crippen LogP contribution is -2.52. The lowest BCUT2D eigenvalue weighted by Gasteiger charge is -2.38. The molecule has 2 fully saturated rings. The van der Waals surface area contributed by atoms with E-state index in [-0.39, 0.29) is 0 Å². The first kappa shape index (κ1) is 20.6. The van der Waals surface area contributed by atoms with Gasteiger partial charge in [0.25, 0.3) is 11.4 Å². The number of likely N-dealkylation sites (N-methyl/N-ethyl adjacent to an activating group) is 1. The van der Waals surface area contributed by atoms with Crippen molar-refractivity contribution in [1.82, 2.24) is 25.1 Å². The van der Waals surface area contributed by atoms with E-state index in [2.05, 4.69) is 21.6 Å². The van der Waals surface area contributed by atoms with Crippen molar-refractivity contribution >= 4 is 33.9 Å². The molecule has 1 aromatic rings. The van der Waals surface area contributed by atoms with Gasteiger partial charge in [0.15, 0.2) is 0 Å². The highest BCUT2D eigenvalue weighted by Gasteiger charge is 2.45. The summed E-state index contributed by atoms with van der Waals surface area (Å²) >= 11 is 6.76. The Labute approximate surface area is 170 Å². The molecule has 2 heterocycles. The summed E-state index contributed by atoms with van der Waals surface area (Å²) in [6.45, 7) is 2.83. The summed E-state index contributed by atoms with van der Waals surface area (Å²) < 4.78 is 5.26. The number of thiocarbonyl (C=S) groups is 1. The fourth-order valence-corrected chi connectivity index (χ4v) is 4.87. The summed E-state index contributed by atoms with van der Waals surface area (Å²) in [5.74, 6) is 0. The zero-order chi connectivity index (χ0) is 19.3. The normalized spacial score (nSPS) is 26.9. The predicted octanol–water partition coefficient (Wildman–Crippen LogP) is 3.30. The first-order chi connectivity index (χ1) is 13.0. The summed E-state index contributed by atoms with van der Waals surface area (Å²) in [6, 6.07) is 0.371. The van der Waals surface area contributed by atoms with Crippen molar-refractivity contribution in [3.05, 3.63) is 22.4 Å². The van der Waals surface area contributed by atoms with Crippen LogP contribution in [0.15, 0.2) is 12.2 Å². The zero-order valence-corrected chi connectivity index (χ0v) is 17.7. The number of nitrogens with zero attached hydrogens (tertiary/aromatic N) is 4. The maximum Gasteiger partial charge on any atom is 0.310 e. The van der Waals surface area contributed by atoms with Crippen molar-refractivity contribution in [2.45, 2.75) is 64.1 Å². The fraction of sp³-hybridized carbons (Fsp3) is 0.722. The minimum atomic E-state index is -0.643. The van der Waals surface area contributed by atoms with Crippen molar-refractivity contribution in [2.24, 2.45) is 0 Å². The van der Waals surface area contributed by atoms with E-state index in [4.69, 9.17) is 17.0 Å². The molecule has 3 rings (SSSR count). The largest absolute Gasteiger partial charge is 0.622 e. The van der Waals surface area contributed by atoms with Gasteiger partial charge in [0.2, 0.25) is 0 Å². The third kappa shape index (κ3) is 5.23. The Kier molecular flexibility index (Phi) is 7.16. The van der Waals surface area contributed by atoms with Crippen LogP contribution in [0.3, 0.4) is 0 Å². The molecule has 1 N–H and O–H groups in total. The van der Waals surface area contributed by atoms with Crippen molar-refractivity contribution in [2.75, 3.05) is 20.3 Å². The minimum Gasteiger partial charge on any atom is -0.622 e. The van der Waals surface area contributed by atoms with E-state index in [1.54, 1.807) is 0 Å². The molecule has 150 valence electrons. The zero-order valence-electron chi connectivity index (χ0n) is 16.1. The van der Waals surface area contributed by atoms with Crippen LogP contribution in [0.2, 0.25) is 0 Å². The first-order valence-electron chi connectivity index (χ1n) is 9.70. The van der Waals surface area contributed by atoms with Gasteiger partial charge in [-0.15, -0.1) is 5.10 Å². The monoisotopic (exact) mass is 411 g/mol. The van der Waals surface area contributed by atoms with Gasteiger partial charge in [-0.2, -0.15) is 0 Å². The summed E-state index contributed by atoms with van der Waals surface area (Å²) in [5.41, 5.74) is 0. The van der Waals surface area contributed by atoms with Gasteiger partial charge in [-0.25, -0.2) is 4.90 Å². The Morgan fingerprint density at radius 3 is 2.96 bits per heavy atom. The molecule has 9 heteroatoms. The maximum absolute atomic E-state index is 13.6. The van der Waals surface area contributed by atoms with Gasteiger partial charge in [0.05, 0.1) is 6.54 Å². The molecule has 2 unspecified atom stereocenters. The van der Waals surface area contributed by atoms with Crippen LogP contribution in [-0.4, -0.2) is 52.8 Å². The molecule has 0 amide bonds. The van der Waals surface area contributed by atoms with Gasteiger partial charge >= 0.3 is 5.13 Å². The standard InChI is InChI=1S/C18H29N5O2S2/c1-3-4-5-6-11-15-20-21-17(27-15)23(24)13-22(2)12-16(23)25-18(26)19-14-9-7-8-10-14/h3-4,14,16H,5-13H2,1-2H3,(H,19,26). The molecule has 0 bridgehead atoms. The van der Waals surface area contributed by atoms with E-state index in [0.29, 0.717) is 29.6 Å². The van der Waals surface area contributed by atoms with E-state index < -0.39 is 10.9 Å². The SMILES string of the molecule is CC=CCCCc1nnc([N+]2([O-])CN(C)CC2OC(=S)NC2CCCC2)s1. The van der Waals surface area contributed by atoms with E-state index in [9.17, 15) is 5.21 Å². The third-order valence-electron chi connectivity index (χ3n) is 5.08. The van der Waals surface area contributed by atoms with Crippen LogP contribution in [0, 0.1) is 5.21 Å². The smallest absolute Gasteiger partial charge is 0.310 e. The van der Waals surface area contributed by atoms with Gasteiger partial charge in [-0.1, -0.05) is 30.1 Å². The average molecular weight is 412 g/mol. The van der Waals surface area contributed by atoms with Gasteiger partial charge in [-0.05, 0) is 63.2 Å². The number of rotatable bonds is 7. The average Bonchev–Trinajstić information content (AvgIpc) is 3.34. The molecular weight excluding hydrogens is 382 g/mol. The number of ether oxygens (including phenoxy) is 1. The van der Waals surface area contributed by atoms with E-state index in [1.165, 1.54) is 24.2 Å². The molecule has 1 saturated carbocycles. The number of hydrogen-bond donors (Lipinski definition) is 1. The Hall–Kier alpha value is -1.13. The Bertz CT molecular complexity index is 662. The summed E-state index contributed by atoms with van der Waals surface area (Å²) in [4.78, 5) is 1.96. The second-order valence-corrected chi connectivity index (χ2v) is 8.81. The van der Waals surface area contributed by atoms with Crippen LogP contribution < -0.4 is 9.96 Å². The number of hydrogen-bond acceptors (Lipinski definition) is 7. The molecule has 7 nitrogen and oxygen atoms in total. The van der Waals surface area contributed by atoms with Crippen LogP contribution in [0.5, 0.6) is 0 Å². The first-order valence-corrected chi connectivity index (χ1v) is 10.9.